The van der Waals surface area contributed by atoms with E-state index < -0.39 is 0 Å². The molecule has 1 aromatic carbocycles. The van der Waals surface area contributed by atoms with Gasteiger partial charge in [-0.25, -0.2) is 0 Å². The van der Waals surface area contributed by atoms with Crippen LogP contribution in [-0.4, -0.2) is 31.1 Å². The molecule has 1 fully saturated rings. The van der Waals surface area contributed by atoms with Gasteiger partial charge in [-0.1, -0.05) is 38.1 Å². The second kappa shape index (κ2) is 7.06. The van der Waals surface area contributed by atoms with Gasteiger partial charge in [0, 0.05) is 12.6 Å². The van der Waals surface area contributed by atoms with E-state index in [-0.39, 0.29) is 0 Å². The molecule has 1 N–H and O–H groups in total. The molecule has 0 unspecified atom stereocenters. The summed E-state index contributed by atoms with van der Waals surface area (Å²) in [6.45, 7) is 7.81. The summed E-state index contributed by atoms with van der Waals surface area (Å²) in [5, 5.41) is 3.54. The summed E-state index contributed by atoms with van der Waals surface area (Å²) >= 11 is 0. The normalized spacial score (nSPS) is 15.4. The maximum atomic E-state index is 3.54. The predicted molar refractivity (Wildman–Crippen MR) is 82.3 cm³/mol. The number of nitrogens with one attached hydrogen (secondary N) is 1. The van der Waals surface area contributed by atoms with E-state index in [0.717, 1.165) is 38.0 Å². The zero-order chi connectivity index (χ0) is 13.7. The Bertz CT molecular complexity index is 383. The van der Waals surface area contributed by atoms with Gasteiger partial charge in [0.05, 0.1) is 0 Å². The third-order valence-corrected chi connectivity index (χ3v) is 3.83. The number of benzene rings is 1. The molecule has 0 amide bonds. The van der Waals surface area contributed by atoms with Gasteiger partial charge in [-0.05, 0) is 56.4 Å². The monoisotopic (exact) mass is 260 g/mol. The third kappa shape index (κ3) is 4.96. The molecule has 2 rings (SSSR count). The fraction of sp³-hybridized carbons (Fsp3) is 0.647. The van der Waals surface area contributed by atoms with Gasteiger partial charge < -0.3 is 5.32 Å². The standard InChI is InChI=1S/C17H28N2/c1-14(2)12-18-11-10-15-6-4-5-7-16(15)13-19(3)17-8-9-17/h4-7,14,17-18H,8-13H2,1-3H3. The van der Waals surface area contributed by atoms with Gasteiger partial charge in [-0.15, -0.1) is 0 Å². The first kappa shape index (κ1) is 14.5. The van der Waals surface area contributed by atoms with Crippen molar-refractivity contribution >= 4 is 0 Å². The molecule has 0 atom stereocenters. The topological polar surface area (TPSA) is 15.3 Å². The molecule has 1 saturated carbocycles. The molecular weight excluding hydrogens is 232 g/mol. The number of hydrogen-bond acceptors (Lipinski definition) is 2. The largest absolute Gasteiger partial charge is 0.316 e. The molecule has 1 aliphatic carbocycles. The van der Waals surface area contributed by atoms with Crippen molar-refractivity contribution in [2.24, 2.45) is 5.92 Å². The lowest BCUT2D eigenvalue weighted by Gasteiger charge is -2.18. The maximum absolute atomic E-state index is 3.54. The summed E-state index contributed by atoms with van der Waals surface area (Å²) in [5.74, 6) is 0.733. The molecule has 0 radical (unpaired) electrons. The SMILES string of the molecule is CC(C)CNCCc1ccccc1CN(C)C1CC1. The Hall–Kier alpha value is -0.860. The van der Waals surface area contributed by atoms with Gasteiger partial charge in [-0.2, -0.15) is 0 Å². The van der Waals surface area contributed by atoms with Crippen molar-refractivity contribution in [3.63, 3.8) is 0 Å². The van der Waals surface area contributed by atoms with E-state index in [2.05, 4.69) is 55.4 Å². The van der Waals surface area contributed by atoms with Crippen LogP contribution in [0.2, 0.25) is 0 Å². The molecule has 19 heavy (non-hydrogen) atoms. The van der Waals surface area contributed by atoms with Crippen molar-refractivity contribution in [2.45, 2.75) is 45.7 Å². The van der Waals surface area contributed by atoms with Crippen LogP contribution in [0.4, 0.5) is 0 Å². The summed E-state index contributed by atoms with van der Waals surface area (Å²) in [5.41, 5.74) is 3.01. The van der Waals surface area contributed by atoms with Gasteiger partial charge >= 0.3 is 0 Å². The Morgan fingerprint density at radius 2 is 1.89 bits per heavy atom. The van der Waals surface area contributed by atoms with E-state index in [1.54, 1.807) is 0 Å². The molecule has 0 aliphatic heterocycles. The van der Waals surface area contributed by atoms with Crippen LogP contribution in [0.15, 0.2) is 24.3 Å². The van der Waals surface area contributed by atoms with Crippen molar-refractivity contribution in [2.75, 3.05) is 20.1 Å². The van der Waals surface area contributed by atoms with Crippen LogP contribution in [-0.2, 0) is 13.0 Å². The number of nitrogens with zero attached hydrogens (tertiary/aromatic N) is 1. The first-order chi connectivity index (χ1) is 9.16. The van der Waals surface area contributed by atoms with E-state index in [1.807, 2.05) is 0 Å². The van der Waals surface area contributed by atoms with E-state index in [4.69, 9.17) is 0 Å². The maximum Gasteiger partial charge on any atom is 0.0236 e. The predicted octanol–water partition coefficient (Wildman–Crippen LogP) is 3.07. The van der Waals surface area contributed by atoms with E-state index in [0.29, 0.717) is 0 Å². The zero-order valence-electron chi connectivity index (χ0n) is 12.7. The Morgan fingerprint density at radius 1 is 1.21 bits per heavy atom. The van der Waals surface area contributed by atoms with E-state index in [9.17, 15) is 0 Å². The van der Waals surface area contributed by atoms with Crippen LogP contribution in [0.3, 0.4) is 0 Å². The number of hydrogen-bond donors (Lipinski definition) is 1. The lowest BCUT2D eigenvalue weighted by atomic mass is 10.0. The van der Waals surface area contributed by atoms with Crippen molar-refractivity contribution in [1.29, 1.82) is 0 Å². The summed E-state index contributed by atoms with van der Waals surface area (Å²) in [6, 6.07) is 9.75. The minimum absolute atomic E-state index is 0.733. The lowest BCUT2D eigenvalue weighted by molar-refractivity contribution is 0.315. The highest BCUT2D eigenvalue weighted by molar-refractivity contribution is 5.27. The highest BCUT2D eigenvalue weighted by Crippen LogP contribution is 2.27. The van der Waals surface area contributed by atoms with E-state index >= 15 is 0 Å². The Balaban J connectivity index is 1.84. The Morgan fingerprint density at radius 3 is 2.53 bits per heavy atom. The third-order valence-electron chi connectivity index (χ3n) is 3.83. The van der Waals surface area contributed by atoms with Crippen molar-refractivity contribution in [1.82, 2.24) is 10.2 Å². The van der Waals surface area contributed by atoms with Crippen LogP contribution >= 0.6 is 0 Å². The minimum atomic E-state index is 0.733. The molecule has 2 heteroatoms. The van der Waals surface area contributed by atoms with E-state index in [1.165, 1.54) is 24.0 Å². The fourth-order valence-corrected chi connectivity index (χ4v) is 2.48. The second-order valence-electron chi connectivity index (χ2n) is 6.26. The molecular formula is C17H28N2. The van der Waals surface area contributed by atoms with Crippen LogP contribution in [0.25, 0.3) is 0 Å². The first-order valence-electron chi connectivity index (χ1n) is 7.64. The fourth-order valence-electron chi connectivity index (χ4n) is 2.48. The molecule has 0 heterocycles. The summed E-state index contributed by atoms with van der Waals surface area (Å²) in [7, 11) is 2.26. The highest BCUT2D eigenvalue weighted by atomic mass is 15.1. The molecule has 106 valence electrons. The molecule has 0 spiro atoms. The molecule has 0 aromatic heterocycles. The van der Waals surface area contributed by atoms with Gasteiger partial charge in [0.25, 0.3) is 0 Å². The Kier molecular flexibility index (Phi) is 5.41. The minimum Gasteiger partial charge on any atom is -0.316 e. The average Bonchev–Trinajstić information content (AvgIpc) is 3.20. The molecule has 2 nitrogen and oxygen atoms in total. The smallest absolute Gasteiger partial charge is 0.0236 e. The van der Waals surface area contributed by atoms with Crippen LogP contribution in [0.5, 0.6) is 0 Å². The average molecular weight is 260 g/mol. The van der Waals surface area contributed by atoms with Crippen molar-refractivity contribution in [3.8, 4) is 0 Å². The van der Waals surface area contributed by atoms with Crippen LogP contribution in [0.1, 0.15) is 37.8 Å². The van der Waals surface area contributed by atoms with Crippen molar-refractivity contribution in [3.05, 3.63) is 35.4 Å². The van der Waals surface area contributed by atoms with Gasteiger partial charge in [0.15, 0.2) is 0 Å². The van der Waals surface area contributed by atoms with Gasteiger partial charge in [0.2, 0.25) is 0 Å². The van der Waals surface area contributed by atoms with Crippen LogP contribution < -0.4 is 5.32 Å². The number of rotatable bonds is 8. The highest BCUT2D eigenvalue weighted by Gasteiger charge is 2.26. The summed E-state index contributed by atoms with van der Waals surface area (Å²) in [4.78, 5) is 2.50. The molecule has 1 aliphatic rings. The molecule has 0 bridgehead atoms. The molecule has 0 saturated heterocycles. The second-order valence-corrected chi connectivity index (χ2v) is 6.26. The quantitative estimate of drug-likeness (QED) is 0.723. The van der Waals surface area contributed by atoms with Gasteiger partial charge in [0.1, 0.15) is 0 Å². The summed E-state index contributed by atoms with van der Waals surface area (Å²) in [6.07, 6.45) is 3.91. The van der Waals surface area contributed by atoms with Crippen LogP contribution in [0, 0.1) is 5.92 Å². The zero-order valence-corrected chi connectivity index (χ0v) is 12.7. The first-order valence-corrected chi connectivity index (χ1v) is 7.64. The summed E-state index contributed by atoms with van der Waals surface area (Å²) < 4.78 is 0. The lowest BCUT2D eigenvalue weighted by Crippen LogP contribution is -2.24. The Labute approximate surface area is 118 Å². The van der Waals surface area contributed by atoms with Gasteiger partial charge in [-0.3, -0.25) is 4.90 Å². The molecule has 1 aromatic rings. The van der Waals surface area contributed by atoms with Crippen molar-refractivity contribution < 1.29 is 0 Å².